The summed E-state index contributed by atoms with van der Waals surface area (Å²) in [6, 6.07) is 1.74. The monoisotopic (exact) mass is 163 g/mol. The van der Waals surface area contributed by atoms with E-state index in [9.17, 15) is 4.79 Å². The molecule has 0 aliphatic carbocycles. The number of hydrogen-bond acceptors (Lipinski definition) is 3. The zero-order valence-corrected chi connectivity index (χ0v) is 6.50. The van der Waals surface area contributed by atoms with Crippen LogP contribution >= 0.6 is 0 Å². The number of aryl methyl sites for hydroxylation is 1. The summed E-state index contributed by atoms with van der Waals surface area (Å²) in [6.07, 6.45) is 2.83. The Hall–Kier alpha value is -1.58. The number of nitrogens with one attached hydrogen (secondary N) is 1. The highest BCUT2D eigenvalue weighted by Crippen LogP contribution is 2.21. The maximum atomic E-state index is 11.0. The zero-order chi connectivity index (χ0) is 8.55. The molecule has 1 aromatic heterocycles. The fourth-order valence-electron chi connectivity index (χ4n) is 1.26. The van der Waals surface area contributed by atoms with Crippen molar-refractivity contribution in [1.29, 1.82) is 0 Å². The molecule has 2 rings (SSSR count). The fourth-order valence-corrected chi connectivity index (χ4v) is 1.26. The number of nitrogens with two attached hydrogens (primary N) is 1. The first-order valence-corrected chi connectivity index (χ1v) is 3.80. The van der Waals surface area contributed by atoms with E-state index in [2.05, 4.69) is 10.3 Å². The van der Waals surface area contributed by atoms with Crippen LogP contribution in [0.3, 0.4) is 0 Å². The summed E-state index contributed by atoms with van der Waals surface area (Å²) >= 11 is 0. The average molecular weight is 163 g/mol. The van der Waals surface area contributed by atoms with Crippen LogP contribution in [-0.2, 0) is 11.2 Å². The quantitative estimate of drug-likeness (QED) is 0.586. The molecular formula is C8H9N3O. The van der Waals surface area contributed by atoms with Gasteiger partial charge in [-0.15, -0.1) is 0 Å². The van der Waals surface area contributed by atoms with Gasteiger partial charge in [0.05, 0.1) is 23.3 Å². The Morgan fingerprint density at radius 1 is 1.50 bits per heavy atom. The van der Waals surface area contributed by atoms with Crippen molar-refractivity contribution in [2.24, 2.45) is 0 Å². The predicted molar refractivity (Wildman–Crippen MR) is 45.6 cm³/mol. The molecule has 2 heterocycles. The minimum Gasteiger partial charge on any atom is -0.397 e. The van der Waals surface area contributed by atoms with Crippen LogP contribution in [0, 0.1) is 0 Å². The highest BCUT2D eigenvalue weighted by Gasteiger charge is 2.15. The normalized spacial score (nSPS) is 15.2. The minimum absolute atomic E-state index is 0.0369. The van der Waals surface area contributed by atoms with Crippen LogP contribution in [0.4, 0.5) is 11.4 Å². The molecule has 1 aromatic rings. The summed E-state index contributed by atoms with van der Waals surface area (Å²) in [5.74, 6) is 0.0369. The van der Waals surface area contributed by atoms with Crippen molar-refractivity contribution >= 4 is 17.3 Å². The van der Waals surface area contributed by atoms with Gasteiger partial charge in [0, 0.05) is 12.8 Å². The smallest absolute Gasteiger partial charge is 0.224 e. The van der Waals surface area contributed by atoms with Crippen molar-refractivity contribution in [2.75, 3.05) is 11.1 Å². The Morgan fingerprint density at radius 2 is 2.33 bits per heavy atom. The lowest BCUT2D eigenvalue weighted by Gasteiger charge is -2.15. The van der Waals surface area contributed by atoms with E-state index in [0.717, 1.165) is 11.4 Å². The van der Waals surface area contributed by atoms with Crippen LogP contribution in [0.25, 0.3) is 0 Å². The van der Waals surface area contributed by atoms with E-state index in [1.807, 2.05) is 0 Å². The molecular weight excluding hydrogens is 154 g/mol. The number of pyridine rings is 1. The molecule has 1 amide bonds. The molecule has 0 bridgehead atoms. The molecule has 0 spiro atoms. The van der Waals surface area contributed by atoms with Gasteiger partial charge in [0.2, 0.25) is 5.91 Å². The third-order valence-corrected chi connectivity index (χ3v) is 1.85. The van der Waals surface area contributed by atoms with E-state index in [-0.39, 0.29) is 5.91 Å². The summed E-state index contributed by atoms with van der Waals surface area (Å²) in [7, 11) is 0. The third kappa shape index (κ3) is 1.11. The van der Waals surface area contributed by atoms with Crippen molar-refractivity contribution in [3.8, 4) is 0 Å². The molecule has 1 aliphatic rings. The third-order valence-electron chi connectivity index (χ3n) is 1.85. The van der Waals surface area contributed by atoms with Gasteiger partial charge in [0.1, 0.15) is 0 Å². The van der Waals surface area contributed by atoms with Gasteiger partial charge in [-0.25, -0.2) is 0 Å². The van der Waals surface area contributed by atoms with Crippen LogP contribution in [0.2, 0.25) is 0 Å². The number of aromatic nitrogens is 1. The summed E-state index contributed by atoms with van der Waals surface area (Å²) in [5, 5.41) is 2.72. The van der Waals surface area contributed by atoms with Gasteiger partial charge < -0.3 is 11.1 Å². The van der Waals surface area contributed by atoms with Gasteiger partial charge in [-0.1, -0.05) is 0 Å². The van der Waals surface area contributed by atoms with Gasteiger partial charge >= 0.3 is 0 Å². The SMILES string of the molecule is Nc1cnc2c(c1)NC(=O)CC2. The minimum atomic E-state index is 0.0369. The first kappa shape index (κ1) is 7.09. The molecule has 62 valence electrons. The second-order valence-corrected chi connectivity index (χ2v) is 2.81. The van der Waals surface area contributed by atoms with E-state index >= 15 is 0 Å². The molecule has 0 saturated heterocycles. The zero-order valence-electron chi connectivity index (χ0n) is 6.50. The lowest BCUT2D eigenvalue weighted by molar-refractivity contribution is -0.116. The predicted octanol–water partition coefficient (Wildman–Crippen LogP) is 0.549. The van der Waals surface area contributed by atoms with Crippen LogP contribution in [-0.4, -0.2) is 10.9 Å². The molecule has 0 atom stereocenters. The maximum absolute atomic E-state index is 11.0. The number of nitrogen functional groups attached to an aromatic ring is 1. The first-order valence-electron chi connectivity index (χ1n) is 3.80. The van der Waals surface area contributed by atoms with Crippen molar-refractivity contribution in [1.82, 2.24) is 4.98 Å². The highest BCUT2D eigenvalue weighted by molar-refractivity contribution is 5.93. The Kier molecular flexibility index (Phi) is 1.46. The molecule has 0 unspecified atom stereocenters. The number of carbonyl (C=O) groups excluding carboxylic acids is 1. The molecule has 0 saturated carbocycles. The van der Waals surface area contributed by atoms with Gasteiger partial charge in [-0.05, 0) is 6.07 Å². The number of amides is 1. The van der Waals surface area contributed by atoms with Gasteiger partial charge in [-0.3, -0.25) is 9.78 Å². The lowest BCUT2D eigenvalue weighted by Crippen LogP contribution is -2.19. The van der Waals surface area contributed by atoms with Gasteiger partial charge in [0.25, 0.3) is 0 Å². The molecule has 0 radical (unpaired) electrons. The van der Waals surface area contributed by atoms with E-state index in [0.29, 0.717) is 18.5 Å². The average Bonchev–Trinajstić information content (AvgIpc) is 2.03. The number of fused-ring (bicyclic) bond motifs is 1. The fraction of sp³-hybridized carbons (Fsp3) is 0.250. The second-order valence-electron chi connectivity index (χ2n) is 2.81. The van der Waals surface area contributed by atoms with E-state index in [1.54, 1.807) is 12.3 Å². The Morgan fingerprint density at radius 3 is 3.17 bits per heavy atom. The molecule has 4 nitrogen and oxygen atoms in total. The lowest BCUT2D eigenvalue weighted by atomic mass is 10.1. The second kappa shape index (κ2) is 2.48. The number of carbonyl (C=O) groups is 1. The summed E-state index contributed by atoms with van der Waals surface area (Å²) < 4.78 is 0. The summed E-state index contributed by atoms with van der Waals surface area (Å²) in [5.41, 5.74) is 7.77. The van der Waals surface area contributed by atoms with E-state index in [4.69, 9.17) is 5.73 Å². The standard InChI is InChI=1S/C8H9N3O/c9-5-3-7-6(10-4-5)1-2-8(12)11-7/h3-4H,1-2,9H2,(H,11,12). The first-order chi connectivity index (χ1) is 5.75. The van der Waals surface area contributed by atoms with Crippen molar-refractivity contribution in [3.63, 3.8) is 0 Å². The topological polar surface area (TPSA) is 68.0 Å². The van der Waals surface area contributed by atoms with Crippen molar-refractivity contribution in [2.45, 2.75) is 12.8 Å². The number of nitrogens with zero attached hydrogens (tertiary/aromatic N) is 1. The van der Waals surface area contributed by atoms with E-state index < -0.39 is 0 Å². The molecule has 0 aromatic carbocycles. The Balaban J connectivity index is 2.44. The van der Waals surface area contributed by atoms with Gasteiger partial charge in [-0.2, -0.15) is 0 Å². The molecule has 0 fully saturated rings. The summed E-state index contributed by atoms with van der Waals surface area (Å²) in [4.78, 5) is 15.1. The Labute approximate surface area is 69.8 Å². The maximum Gasteiger partial charge on any atom is 0.224 e. The van der Waals surface area contributed by atoms with Crippen LogP contribution in [0.5, 0.6) is 0 Å². The van der Waals surface area contributed by atoms with Gasteiger partial charge in [0.15, 0.2) is 0 Å². The van der Waals surface area contributed by atoms with Crippen molar-refractivity contribution in [3.05, 3.63) is 18.0 Å². The van der Waals surface area contributed by atoms with Crippen LogP contribution in [0.15, 0.2) is 12.3 Å². The van der Waals surface area contributed by atoms with Crippen molar-refractivity contribution < 1.29 is 4.79 Å². The summed E-state index contributed by atoms with van der Waals surface area (Å²) in [6.45, 7) is 0. The number of anilines is 2. The molecule has 4 heteroatoms. The largest absolute Gasteiger partial charge is 0.397 e. The molecule has 3 N–H and O–H groups in total. The number of rotatable bonds is 0. The van der Waals surface area contributed by atoms with E-state index in [1.165, 1.54) is 0 Å². The molecule has 12 heavy (non-hydrogen) atoms. The van der Waals surface area contributed by atoms with Crippen LogP contribution < -0.4 is 11.1 Å². The number of hydrogen-bond donors (Lipinski definition) is 2. The van der Waals surface area contributed by atoms with Crippen LogP contribution in [0.1, 0.15) is 12.1 Å². The highest BCUT2D eigenvalue weighted by atomic mass is 16.1. The molecule has 1 aliphatic heterocycles. The Bertz CT molecular complexity index is 335.